The molecule has 1 saturated heterocycles. The van der Waals surface area contributed by atoms with Crippen LogP contribution in [0, 0.1) is 0 Å². The highest BCUT2D eigenvalue weighted by Gasteiger charge is 2.35. The van der Waals surface area contributed by atoms with Crippen LogP contribution in [0.2, 0.25) is 5.02 Å². The van der Waals surface area contributed by atoms with Crippen LogP contribution in [0.25, 0.3) is 0 Å². The highest BCUT2D eigenvalue weighted by atomic mass is 35.5. The van der Waals surface area contributed by atoms with Gasteiger partial charge in [-0.25, -0.2) is 0 Å². The van der Waals surface area contributed by atoms with Crippen molar-refractivity contribution in [2.24, 2.45) is 0 Å². The average molecular weight is 371 g/mol. The number of piperazine rings is 1. The second-order valence-corrected chi connectivity index (χ2v) is 7.49. The zero-order chi connectivity index (χ0) is 18.7. The molecule has 1 N–H and O–H groups in total. The fourth-order valence-corrected chi connectivity index (χ4v) is 4.06. The lowest BCUT2D eigenvalue weighted by molar-refractivity contribution is 0.0239. The van der Waals surface area contributed by atoms with E-state index in [1.807, 2.05) is 30.3 Å². The molecule has 26 heavy (non-hydrogen) atoms. The molecule has 3 atom stereocenters. The molecule has 1 fully saturated rings. The maximum absolute atomic E-state index is 10.0. The Bertz CT molecular complexity index is 746. The third kappa shape index (κ3) is 3.96. The van der Waals surface area contributed by atoms with Gasteiger partial charge in [0.05, 0.1) is 6.04 Å². The predicted molar refractivity (Wildman–Crippen MR) is 109 cm³/mol. The van der Waals surface area contributed by atoms with Crippen molar-refractivity contribution < 1.29 is 5.11 Å². The van der Waals surface area contributed by atoms with Gasteiger partial charge < -0.3 is 5.11 Å². The van der Waals surface area contributed by atoms with E-state index in [4.69, 9.17) is 11.6 Å². The molecule has 1 unspecified atom stereocenters. The highest BCUT2D eigenvalue weighted by Crippen LogP contribution is 2.35. The van der Waals surface area contributed by atoms with E-state index < -0.39 is 0 Å². The number of nitrogens with zero attached hydrogens (tertiary/aromatic N) is 2. The summed E-state index contributed by atoms with van der Waals surface area (Å²) < 4.78 is 0. The van der Waals surface area contributed by atoms with Crippen LogP contribution in [-0.4, -0.2) is 46.6 Å². The molecule has 4 heteroatoms. The van der Waals surface area contributed by atoms with Crippen molar-refractivity contribution in [1.29, 1.82) is 0 Å². The average Bonchev–Trinajstić information content (AvgIpc) is 2.63. The van der Waals surface area contributed by atoms with Gasteiger partial charge in [-0.15, -0.1) is 6.58 Å². The molecule has 1 heterocycles. The Morgan fingerprint density at radius 2 is 1.85 bits per heavy atom. The first kappa shape index (κ1) is 19.0. The first-order valence-corrected chi connectivity index (χ1v) is 9.54. The van der Waals surface area contributed by atoms with Crippen LogP contribution in [0.1, 0.15) is 31.0 Å². The maximum Gasteiger partial charge on any atom is 0.115 e. The van der Waals surface area contributed by atoms with Gasteiger partial charge in [-0.3, -0.25) is 9.80 Å². The minimum Gasteiger partial charge on any atom is -0.508 e. The maximum atomic E-state index is 10.0. The Kier molecular flexibility index (Phi) is 6.02. The van der Waals surface area contributed by atoms with Crippen LogP contribution < -0.4 is 0 Å². The molecular weight excluding hydrogens is 344 g/mol. The molecule has 3 nitrogen and oxygen atoms in total. The van der Waals surface area contributed by atoms with Gasteiger partial charge >= 0.3 is 0 Å². The third-order valence-corrected chi connectivity index (χ3v) is 5.76. The molecule has 0 saturated carbocycles. The van der Waals surface area contributed by atoms with Gasteiger partial charge in [0.2, 0.25) is 0 Å². The van der Waals surface area contributed by atoms with Crippen LogP contribution in [0.3, 0.4) is 0 Å². The van der Waals surface area contributed by atoms with Gasteiger partial charge in [-0.05, 0) is 49.2 Å². The molecule has 0 spiro atoms. The van der Waals surface area contributed by atoms with E-state index in [0.717, 1.165) is 30.2 Å². The lowest BCUT2D eigenvalue weighted by Gasteiger charge is -2.48. The first-order chi connectivity index (χ1) is 12.5. The lowest BCUT2D eigenvalue weighted by atomic mass is 9.92. The molecule has 1 aliphatic heterocycles. The molecule has 0 radical (unpaired) electrons. The molecule has 0 aliphatic carbocycles. The topological polar surface area (TPSA) is 26.7 Å². The molecule has 1 aliphatic rings. The molecule has 2 aromatic carbocycles. The minimum absolute atomic E-state index is 0.0858. The van der Waals surface area contributed by atoms with E-state index in [-0.39, 0.29) is 6.04 Å². The summed E-state index contributed by atoms with van der Waals surface area (Å²) in [6.45, 7) is 11.3. The Balaban J connectivity index is 1.98. The number of aromatic hydroxyl groups is 1. The minimum atomic E-state index is 0.0858. The Labute approximate surface area is 161 Å². The van der Waals surface area contributed by atoms with E-state index >= 15 is 0 Å². The number of phenolic OH excluding ortho intramolecular Hbond substituents is 1. The highest BCUT2D eigenvalue weighted by molar-refractivity contribution is 6.30. The molecule has 0 aromatic heterocycles. The summed E-state index contributed by atoms with van der Waals surface area (Å²) in [6, 6.07) is 16.5. The summed E-state index contributed by atoms with van der Waals surface area (Å²) in [7, 11) is 0. The van der Waals surface area contributed by atoms with Gasteiger partial charge in [-0.1, -0.05) is 41.9 Å². The monoisotopic (exact) mass is 370 g/mol. The van der Waals surface area contributed by atoms with Crippen molar-refractivity contribution in [3.8, 4) is 5.75 Å². The van der Waals surface area contributed by atoms with E-state index in [9.17, 15) is 5.11 Å². The molecule has 0 amide bonds. The summed E-state index contributed by atoms with van der Waals surface area (Å²) in [5, 5.41) is 10.8. The van der Waals surface area contributed by atoms with E-state index in [2.05, 4.69) is 48.4 Å². The zero-order valence-electron chi connectivity index (χ0n) is 15.5. The van der Waals surface area contributed by atoms with Crippen molar-refractivity contribution in [3.05, 3.63) is 77.3 Å². The Morgan fingerprint density at radius 3 is 2.50 bits per heavy atom. The number of rotatable bonds is 5. The molecule has 2 aromatic rings. The molecule has 0 bridgehead atoms. The first-order valence-electron chi connectivity index (χ1n) is 9.16. The lowest BCUT2D eigenvalue weighted by Crippen LogP contribution is -2.58. The number of benzene rings is 2. The van der Waals surface area contributed by atoms with Crippen molar-refractivity contribution in [2.75, 3.05) is 19.6 Å². The standard InChI is InChI=1S/C22H27ClN2O/c1-4-12-24-13-14-25(17(3)16(24)2)22(18-8-10-20(23)11-9-18)19-6-5-7-21(26)15-19/h4-11,15-17,22,26H,1,12-14H2,2-3H3/t16-,17-,22?/m0/s1. The van der Waals surface area contributed by atoms with Crippen LogP contribution in [0.15, 0.2) is 61.2 Å². The van der Waals surface area contributed by atoms with Crippen molar-refractivity contribution in [3.63, 3.8) is 0 Å². The number of hydrogen-bond donors (Lipinski definition) is 1. The summed E-state index contributed by atoms with van der Waals surface area (Å²) >= 11 is 6.11. The van der Waals surface area contributed by atoms with Crippen LogP contribution >= 0.6 is 11.6 Å². The summed E-state index contributed by atoms with van der Waals surface area (Å²) in [5.41, 5.74) is 2.29. The quantitative estimate of drug-likeness (QED) is 0.772. The van der Waals surface area contributed by atoms with Crippen molar-refractivity contribution in [1.82, 2.24) is 9.80 Å². The fraction of sp³-hybridized carbons (Fsp3) is 0.364. The van der Waals surface area contributed by atoms with Crippen LogP contribution in [0.4, 0.5) is 0 Å². The number of phenols is 1. The van der Waals surface area contributed by atoms with Gasteiger partial charge in [-0.2, -0.15) is 0 Å². The second kappa shape index (κ2) is 8.26. The normalized spacial score (nSPS) is 22.9. The summed E-state index contributed by atoms with van der Waals surface area (Å²) in [6.07, 6.45) is 1.98. The van der Waals surface area contributed by atoms with Gasteiger partial charge in [0.25, 0.3) is 0 Å². The van der Waals surface area contributed by atoms with Gasteiger partial charge in [0, 0.05) is 36.7 Å². The molecule has 138 valence electrons. The summed E-state index contributed by atoms with van der Waals surface area (Å²) in [4.78, 5) is 5.00. The smallest absolute Gasteiger partial charge is 0.115 e. The largest absolute Gasteiger partial charge is 0.508 e. The van der Waals surface area contributed by atoms with E-state index in [0.29, 0.717) is 17.8 Å². The Hall–Kier alpha value is -1.81. The number of halogens is 1. The molecular formula is C22H27ClN2O. The van der Waals surface area contributed by atoms with E-state index in [1.165, 1.54) is 5.56 Å². The predicted octanol–water partition coefficient (Wildman–Crippen LogP) is 4.72. The Morgan fingerprint density at radius 1 is 1.12 bits per heavy atom. The second-order valence-electron chi connectivity index (χ2n) is 7.05. The number of hydrogen-bond acceptors (Lipinski definition) is 3. The SMILES string of the molecule is C=CCN1CCN(C(c2ccc(Cl)cc2)c2cccc(O)c2)[C@@H](C)[C@@H]1C. The van der Waals surface area contributed by atoms with Crippen molar-refractivity contribution >= 4 is 11.6 Å². The van der Waals surface area contributed by atoms with Crippen LogP contribution in [0.5, 0.6) is 5.75 Å². The van der Waals surface area contributed by atoms with Crippen molar-refractivity contribution in [2.45, 2.75) is 32.0 Å². The van der Waals surface area contributed by atoms with E-state index in [1.54, 1.807) is 6.07 Å². The van der Waals surface area contributed by atoms with Gasteiger partial charge in [0.1, 0.15) is 5.75 Å². The fourth-order valence-electron chi connectivity index (χ4n) is 3.94. The third-order valence-electron chi connectivity index (χ3n) is 5.51. The molecule has 3 rings (SSSR count). The van der Waals surface area contributed by atoms with Gasteiger partial charge in [0.15, 0.2) is 0 Å². The summed E-state index contributed by atoms with van der Waals surface area (Å²) in [5.74, 6) is 0.299. The van der Waals surface area contributed by atoms with Crippen LogP contribution in [-0.2, 0) is 0 Å². The zero-order valence-corrected chi connectivity index (χ0v) is 16.2.